The van der Waals surface area contributed by atoms with E-state index in [1.54, 1.807) is 18.5 Å². The third kappa shape index (κ3) is 7.69. The Bertz CT molecular complexity index is 1140. The number of unbranched alkanes of at least 4 members (excludes halogenated alkanes) is 1. The first-order chi connectivity index (χ1) is 19.2. The lowest BCUT2D eigenvalue weighted by Crippen LogP contribution is -2.45. The number of fused-ring (bicyclic) bond motifs is 1. The number of hydrogen-bond acceptors (Lipinski definition) is 7. The number of ether oxygens (including phenoxy) is 2. The highest BCUT2D eigenvalue weighted by atomic mass is 16.7. The molecule has 2 aliphatic heterocycles. The minimum Gasteiger partial charge on any atom is -0.481 e. The van der Waals surface area contributed by atoms with Gasteiger partial charge in [0.1, 0.15) is 5.82 Å². The molecule has 0 radical (unpaired) electrons. The number of aryl methyl sites for hydroxylation is 1. The summed E-state index contributed by atoms with van der Waals surface area (Å²) in [5.74, 6) is 0.207. The Balaban J connectivity index is 1.56. The van der Waals surface area contributed by atoms with Crippen LogP contribution in [0.5, 0.6) is 11.5 Å². The Morgan fingerprint density at radius 3 is 2.52 bits per heavy atom. The smallest absolute Gasteiger partial charge is 0.308 e. The second kappa shape index (κ2) is 13.4. The summed E-state index contributed by atoms with van der Waals surface area (Å²) in [5, 5.41) is 10.5. The van der Waals surface area contributed by atoms with Gasteiger partial charge in [-0.1, -0.05) is 19.4 Å². The summed E-state index contributed by atoms with van der Waals surface area (Å²) in [6.45, 7) is 5.36. The van der Waals surface area contributed by atoms with Gasteiger partial charge in [-0.15, -0.1) is 0 Å². The van der Waals surface area contributed by atoms with Crippen LogP contribution in [0.4, 0.5) is 0 Å². The zero-order valence-corrected chi connectivity index (χ0v) is 24.3. The predicted octanol–water partition coefficient (Wildman–Crippen LogP) is 3.03. The Morgan fingerprint density at radius 1 is 1.10 bits per heavy atom. The summed E-state index contributed by atoms with van der Waals surface area (Å²) in [7, 11) is 6.48. The maximum atomic E-state index is 13.7. The molecule has 0 bridgehead atoms. The molecule has 1 N–H and O–H groups in total. The molecule has 218 valence electrons. The van der Waals surface area contributed by atoms with Gasteiger partial charge in [0, 0.05) is 56.8 Å². The molecule has 40 heavy (non-hydrogen) atoms. The van der Waals surface area contributed by atoms with Gasteiger partial charge in [-0.2, -0.15) is 0 Å². The van der Waals surface area contributed by atoms with E-state index in [9.17, 15) is 14.7 Å². The standard InChI is InChI=1S/C30H43N5O5/c1-5-6-15-33(16-8-17-35(2,3)4)28(36)20-34-19-23(22-9-11-25-26(18-22)40-21-39-25)29(30(37)38)24(34)10-12-27-31-13-7-14-32-27/h7,9,11,13-14,18,23-24,29H,5-6,8,10,12,15-17,19-21H2,1-4H3/p+1/t23-,24+,29-/m1/s1. The van der Waals surface area contributed by atoms with Gasteiger partial charge in [-0.25, -0.2) is 9.97 Å². The Labute approximate surface area is 237 Å². The van der Waals surface area contributed by atoms with Crippen molar-refractivity contribution in [2.45, 2.75) is 51.0 Å². The lowest BCUT2D eigenvalue weighted by Gasteiger charge is -2.30. The summed E-state index contributed by atoms with van der Waals surface area (Å²) in [5.41, 5.74) is 0.887. The largest absolute Gasteiger partial charge is 0.481 e. The quantitative estimate of drug-likeness (QED) is 0.356. The maximum absolute atomic E-state index is 13.7. The number of aliphatic carboxylic acids is 1. The van der Waals surface area contributed by atoms with Gasteiger partial charge in [0.2, 0.25) is 12.7 Å². The highest BCUT2D eigenvalue weighted by Crippen LogP contribution is 2.43. The van der Waals surface area contributed by atoms with Crippen LogP contribution in [0.15, 0.2) is 36.7 Å². The summed E-state index contributed by atoms with van der Waals surface area (Å²) in [4.78, 5) is 39.2. The molecule has 10 nitrogen and oxygen atoms in total. The first-order valence-corrected chi connectivity index (χ1v) is 14.4. The molecule has 1 saturated heterocycles. The molecular weight excluding hydrogens is 510 g/mol. The fourth-order valence-corrected chi connectivity index (χ4v) is 5.79. The molecule has 0 saturated carbocycles. The average molecular weight is 555 g/mol. The monoisotopic (exact) mass is 554 g/mol. The van der Waals surface area contributed by atoms with Crippen molar-refractivity contribution < 1.29 is 28.7 Å². The van der Waals surface area contributed by atoms with Gasteiger partial charge in [-0.05, 0) is 36.6 Å². The summed E-state index contributed by atoms with van der Waals surface area (Å²) >= 11 is 0. The van der Waals surface area contributed by atoms with Crippen LogP contribution in [0.2, 0.25) is 0 Å². The zero-order chi connectivity index (χ0) is 28.7. The number of benzene rings is 1. The van der Waals surface area contributed by atoms with E-state index in [1.807, 2.05) is 23.1 Å². The van der Waals surface area contributed by atoms with Gasteiger partial charge < -0.3 is 24.0 Å². The molecular formula is C30H44N5O5+. The highest BCUT2D eigenvalue weighted by molar-refractivity contribution is 5.79. The van der Waals surface area contributed by atoms with Crippen LogP contribution in [0, 0.1) is 5.92 Å². The molecule has 1 aromatic heterocycles. The third-order valence-electron chi connectivity index (χ3n) is 7.87. The van der Waals surface area contributed by atoms with Gasteiger partial charge >= 0.3 is 5.97 Å². The fraction of sp³-hybridized carbons (Fsp3) is 0.600. The predicted molar refractivity (Wildman–Crippen MR) is 151 cm³/mol. The van der Waals surface area contributed by atoms with E-state index in [0.29, 0.717) is 43.3 Å². The molecule has 1 aromatic carbocycles. The van der Waals surface area contributed by atoms with Crippen molar-refractivity contribution in [2.75, 3.05) is 60.7 Å². The SMILES string of the molecule is CCCCN(CCC[N+](C)(C)C)C(=O)CN1C[C@H](c2ccc3c(c2)OCO3)[C@@H](C(=O)O)[C@@H]1CCc1ncccn1. The molecule has 0 unspecified atom stereocenters. The number of amides is 1. The normalized spacial score (nSPS) is 20.6. The van der Waals surface area contributed by atoms with Crippen LogP contribution in [-0.2, 0) is 16.0 Å². The topological polar surface area (TPSA) is 105 Å². The molecule has 3 heterocycles. The van der Waals surface area contributed by atoms with E-state index in [-0.39, 0.29) is 31.2 Å². The van der Waals surface area contributed by atoms with E-state index in [2.05, 4.69) is 42.9 Å². The van der Waals surface area contributed by atoms with E-state index in [1.165, 1.54) is 0 Å². The third-order valence-corrected chi connectivity index (χ3v) is 7.87. The Hall–Kier alpha value is -3.24. The molecule has 1 fully saturated rings. The van der Waals surface area contributed by atoms with Gasteiger partial charge in [-0.3, -0.25) is 14.5 Å². The zero-order valence-electron chi connectivity index (χ0n) is 24.3. The Kier molecular flexibility index (Phi) is 9.97. The van der Waals surface area contributed by atoms with Crippen LogP contribution in [-0.4, -0.2) is 108 Å². The van der Waals surface area contributed by atoms with Gasteiger partial charge in [0.25, 0.3) is 0 Å². The number of carbonyl (C=O) groups is 2. The number of likely N-dealkylation sites (tertiary alicyclic amines) is 1. The van der Waals surface area contributed by atoms with E-state index < -0.39 is 11.9 Å². The maximum Gasteiger partial charge on any atom is 0.308 e. The molecule has 0 aliphatic carbocycles. The van der Waals surface area contributed by atoms with E-state index in [4.69, 9.17) is 9.47 Å². The number of carboxylic acid groups (broad SMARTS) is 1. The molecule has 2 aromatic rings. The van der Waals surface area contributed by atoms with Gasteiger partial charge in [0.15, 0.2) is 11.5 Å². The lowest BCUT2D eigenvalue weighted by molar-refractivity contribution is -0.870. The van der Waals surface area contributed by atoms with Crippen molar-refractivity contribution in [3.63, 3.8) is 0 Å². The number of rotatable bonds is 14. The van der Waals surface area contributed by atoms with Crippen LogP contribution < -0.4 is 9.47 Å². The number of aromatic nitrogens is 2. The number of hydrogen-bond donors (Lipinski definition) is 1. The molecule has 2 aliphatic rings. The van der Waals surface area contributed by atoms with Crippen molar-refractivity contribution in [1.82, 2.24) is 19.8 Å². The van der Waals surface area contributed by atoms with Crippen molar-refractivity contribution in [3.05, 3.63) is 48.0 Å². The van der Waals surface area contributed by atoms with Crippen molar-refractivity contribution in [2.24, 2.45) is 5.92 Å². The molecule has 0 spiro atoms. The van der Waals surface area contributed by atoms with Crippen LogP contribution in [0.1, 0.15) is 49.9 Å². The van der Waals surface area contributed by atoms with Crippen LogP contribution in [0.3, 0.4) is 0 Å². The second-order valence-corrected chi connectivity index (χ2v) is 11.9. The molecule has 10 heteroatoms. The molecule has 3 atom stereocenters. The first-order valence-electron chi connectivity index (χ1n) is 14.4. The first kappa shape index (κ1) is 29.7. The number of carboxylic acids is 1. The lowest BCUT2D eigenvalue weighted by atomic mass is 9.83. The van der Waals surface area contributed by atoms with Crippen molar-refractivity contribution in [1.29, 1.82) is 0 Å². The molecule has 1 amide bonds. The number of carbonyl (C=O) groups excluding carboxylic acids is 1. The summed E-state index contributed by atoms with van der Waals surface area (Å²) < 4.78 is 11.9. The highest BCUT2D eigenvalue weighted by Gasteiger charge is 2.47. The van der Waals surface area contributed by atoms with Crippen LogP contribution in [0.25, 0.3) is 0 Å². The molecule has 4 rings (SSSR count). The Morgan fingerprint density at radius 2 is 1.82 bits per heavy atom. The van der Waals surface area contributed by atoms with Crippen molar-refractivity contribution >= 4 is 11.9 Å². The minimum absolute atomic E-state index is 0.0614. The van der Waals surface area contributed by atoms with Crippen LogP contribution >= 0.6 is 0 Å². The second-order valence-electron chi connectivity index (χ2n) is 11.9. The van der Waals surface area contributed by atoms with Gasteiger partial charge in [0.05, 0.1) is 40.2 Å². The number of nitrogens with zero attached hydrogens (tertiary/aromatic N) is 5. The minimum atomic E-state index is -0.859. The van der Waals surface area contributed by atoms with E-state index in [0.717, 1.165) is 42.4 Å². The van der Waals surface area contributed by atoms with Crippen molar-refractivity contribution in [3.8, 4) is 11.5 Å². The van der Waals surface area contributed by atoms with E-state index >= 15 is 0 Å². The summed E-state index contributed by atoms with van der Waals surface area (Å²) in [6.07, 6.45) is 7.36. The number of quaternary nitrogens is 1. The fourth-order valence-electron chi connectivity index (χ4n) is 5.79. The summed E-state index contributed by atoms with van der Waals surface area (Å²) in [6, 6.07) is 7.10. The average Bonchev–Trinajstić information content (AvgIpc) is 3.53.